The third-order valence-electron chi connectivity index (χ3n) is 5.19. The van der Waals surface area contributed by atoms with Gasteiger partial charge in [-0.15, -0.1) is 0 Å². The standard InChI is InChI=1S/C25H22FNO2/c26-21-7-4-8-22(16-21)27-17-20(12-9-18-5-2-1-3-6-18)23-15-19(10-13-24(23)27)11-14-25(28)29/h1-8,10,13,15-17H,9,11-12,14H2,(H,28,29). The average Bonchev–Trinajstić information content (AvgIpc) is 3.09. The second-order valence-electron chi connectivity index (χ2n) is 7.24. The van der Waals surface area contributed by atoms with Gasteiger partial charge in [0.15, 0.2) is 0 Å². The van der Waals surface area contributed by atoms with Crippen LogP contribution >= 0.6 is 0 Å². The topological polar surface area (TPSA) is 42.2 Å². The van der Waals surface area contributed by atoms with Crippen LogP contribution in [-0.4, -0.2) is 15.6 Å². The second kappa shape index (κ2) is 8.31. The zero-order valence-corrected chi connectivity index (χ0v) is 16.0. The van der Waals surface area contributed by atoms with Gasteiger partial charge in [0.2, 0.25) is 0 Å². The highest BCUT2D eigenvalue weighted by Crippen LogP contribution is 2.28. The Morgan fingerprint density at radius 3 is 2.45 bits per heavy atom. The highest BCUT2D eigenvalue weighted by molar-refractivity contribution is 5.86. The monoisotopic (exact) mass is 387 g/mol. The van der Waals surface area contributed by atoms with Crippen molar-refractivity contribution in [2.45, 2.75) is 25.7 Å². The summed E-state index contributed by atoms with van der Waals surface area (Å²) < 4.78 is 15.8. The van der Waals surface area contributed by atoms with E-state index >= 15 is 0 Å². The van der Waals surface area contributed by atoms with E-state index < -0.39 is 5.97 Å². The van der Waals surface area contributed by atoms with Crippen molar-refractivity contribution in [1.82, 2.24) is 4.57 Å². The first-order valence-corrected chi connectivity index (χ1v) is 9.75. The maximum atomic E-state index is 13.8. The number of carboxylic acid groups (broad SMARTS) is 1. The molecule has 4 aromatic rings. The Balaban J connectivity index is 1.74. The number of rotatable bonds is 7. The van der Waals surface area contributed by atoms with Crippen LogP contribution in [0.5, 0.6) is 0 Å². The Labute approximate surface area is 169 Å². The number of carbonyl (C=O) groups is 1. The molecule has 0 saturated heterocycles. The molecule has 0 aliphatic carbocycles. The van der Waals surface area contributed by atoms with Crippen LogP contribution in [-0.2, 0) is 24.1 Å². The fraction of sp³-hybridized carbons (Fsp3) is 0.160. The summed E-state index contributed by atoms with van der Waals surface area (Å²) in [7, 11) is 0. The summed E-state index contributed by atoms with van der Waals surface area (Å²) in [5.74, 6) is -1.07. The van der Waals surface area contributed by atoms with Gasteiger partial charge in [0.25, 0.3) is 0 Å². The first kappa shape index (κ1) is 18.9. The van der Waals surface area contributed by atoms with E-state index in [1.807, 2.05) is 41.0 Å². The number of fused-ring (bicyclic) bond motifs is 1. The molecule has 0 aliphatic rings. The van der Waals surface area contributed by atoms with Crippen molar-refractivity contribution in [2.24, 2.45) is 0 Å². The summed E-state index contributed by atoms with van der Waals surface area (Å²) in [5, 5.41) is 10.1. The fourth-order valence-electron chi connectivity index (χ4n) is 3.71. The predicted octanol–water partition coefficient (Wildman–Crippen LogP) is 5.57. The number of hydrogen-bond acceptors (Lipinski definition) is 1. The van der Waals surface area contributed by atoms with E-state index in [9.17, 15) is 9.18 Å². The summed E-state index contributed by atoms with van der Waals surface area (Å²) in [5.41, 5.74) is 5.21. The lowest BCUT2D eigenvalue weighted by atomic mass is 10.0. The summed E-state index contributed by atoms with van der Waals surface area (Å²) in [6.07, 6.45) is 4.43. The molecule has 4 heteroatoms. The molecule has 0 bridgehead atoms. The quantitative estimate of drug-likeness (QED) is 0.450. The molecule has 0 radical (unpaired) electrons. The zero-order chi connectivity index (χ0) is 20.2. The van der Waals surface area contributed by atoms with Gasteiger partial charge in [-0.3, -0.25) is 4.79 Å². The van der Waals surface area contributed by atoms with Crippen LogP contribution in [0.4, 0.5) is 4.39 Å². The van der Waals surface area contributed by atoms with Gasteiger partial charge in [0, 0.05) is 23.7 Å². The molecule has 0 atom stereocenters. The number of aromatic nitrogens is 1. The van der Waals surface area contributed by atoms with E-state index in [4.69, 9.17) is 5.11 Å². The molecule has 3 nitrogen and oxygen atoms in total. The van der Waals surface area contributed by atoms with Crippen molar-refractivity contribution in [1.29, 1.82) is 0 Å². The fourth-order valence-corrected chi connectivity index (χ4v) is 3.71. The molecule has 4 rings (SSSR count). The summed E-state index contributed by atoms with van der Waals surface area (Å²) in [4.78, 5) is 10.9. The molecule has 1 N–H and O–H groups in total. The molecule has 0 spiro atoms. The maximum Gasteiger partial charge on any atom is 0.303 e. The molecule has 0 fully saturated rings. The largest absolute Gasteiger partial charge is 0.481 e. The number of nitrogens with zero attached hydrogens (tertiary/aromatic N) is 1. The molecule has 3 aromatic carbocycles. The lowest BCUT2D eigenvalue weighted by molar-refractivity contribution is -0.136. The van der Waals surface area contributed by atoms with Crippen LogP contribution in [0, 0.1) is 5.82 Å². The molecule has 29 heavy (non-hydrogen) atoms. The number of halogens is 1. The summed E-state index contributed by atoms with van der Waals surface area (Å²) in [6.45, 7) is 0. The molecule has 146 valence electrons. The lowest BCUT2D eigenvalue weighted by Crippen LogP contribution is -1.97. The van der Waals surface area contributed by atoms with Crippen LogP contribution in [0.3, 0.4) is 0 Å². The number of hydrogen-bond donors (Lipinski definition) is 1. The predicted molar refractivity (Wildman–Crippen MR) is 113 cm³/mol. The molecule has 1 aromatic heterocycles. The van der Waals surface area contributed by atoms with E-state index in [0.717, 1.165) is 35.0 Å². The van der Waals surface area contributed by atoms with Gasteiger partial charge >= 0.3 is 5.97 Å². The SMILES string of the molecule is O=C(O)CCc1ccc2c(c1)c(CCc1ccccc1)cn2-c1cccc(F)c1. The van der Waals surface area contributed by atoms with Crippen LogP contribution < -0.4 is 0 Å². The van der Waals surface area contributed by atoms with Gasteiger partial charge in [0.05, 0.1) is 5.52 Å². The Hall–Kier alpha value is -3.40. The summed E-state index contributed by atoms with van der Waals surface area (Å²) >= 11 is 0. The van der Waals surface area contributed by atoms with Crippen molar-refractivity contribution in [2.75, 3.05) is 0 Å². The van der Waals surface area contributed by atoms with Crippen molar-refractivity contribution < 1.29 is 14.3 Å². The number of aryl methyl sites for hydroxylation is 3. The highest BCUT2D eigenvalue weighted by atomic mass is 19.1. The minimum absolute atomic E-state index is 0.107. The summed E-state index contributed by atoms with van der Waals surface area (Å²) in [6, 6.07) is 22.9. The minimum atomic E-state index is -0.799. The Kier molecular flexibility index (Phi) is 5.43. The molecule has 1 heterocycles. The number of carboxylic acids is 1. The van der Waals surface area contributed by atoms with Gasteiger partial charge in [-0.25, -0.2) is 4.39 Å². The van der Waals surface area contributed by atoms with Gasteiger partial charge in [0.1, 0.15) is 5.82 Å². The smallest absolute Gasteiger partial charge is 0.303 e. The second-order valence-corrected chi connectivity index (χ2v) is 7.24. The van der Waals surface area contributed by atoms with Gasteiger partial charge in [-0.2, -0.15) is 0 Å². The van der Waals surface area contributed by atoms with E-state index in [1.54, 1.807) is 6.07 Å². The molecule has 0 amide bonds. The normalized spacial score (nSPS) is 11.1. The third kappa shape index (κ3) is 4.37. The molecular weight excluding hydrogens is 365 g/mol. The molecule has 0 saturated carbocycles. The molecule has 0 aliphatic heterocycles. The van der Waals surface area contributed by atoms with E-state index in [1.165, 1.54) is 23.3 Å². The van der Waals surface area contributed by atoms with Crippen molar-refractivity contribution in [3.63, 3.8) is 0 Å². The van der Waals surface area contributed by atoms with Crippen LogP contribution in [0.1, 0.15) is 23.1 Å². The minimum Gasteiger partial charge on any atom is -0.481 e. The van der Waals surface area contributed by atoms with Crippen LogP contribution in [0.15, 0.2) is 79.0 Å². The Morgan fingerprint density at radius 2 is 1.69 bits per heavy atom. The molecule has 0 unspecified atom stereocenters. The highest BCUT2D eigenvalue weighted by Gasteiger charge is 2.12. The number of aliphatic carboxylic acids is 1. The maximum absolute atomic E-state index is 13.8. The van der Waals surface area contributed by atoms with Gasteiger partial charge in [-0.05, 0) is 66.3 Å². The van der Waals surface area contributed by atoms with E-state index in [0.29, 0.717) is 6.42 Å². The first-order chi connectivity index (χ1) is 14.1. The Bertz CT molecular complexity index is 1150. The van der Waals surface area contributed by atoms with Crippen LogP contribution in [0.25, 0.3) is 16.6 Å². The Morgan fingerprint density at radius 1 is 0.862 bits per heavy atom. The third-order valence-corrected chi connectivity index (χ3v) is 5.19. The van der Waals surface area contributed by atoms with Crippen molar-refractivity contribution in [3.8, 4) is 5.69 Å². The lowest BCUT2D eigenvalue weighted by Gasteiger charge is -2.06. The van der Waals surface area contributed by atoms with E-state index in [-0.39, 0.29) is 12.2 Å². The zero-order valence-electron chi connectivity index (χ0n) is 16.0. The van der Waals surface area contributed by atoms with Crippen molar-refractivity contribution in [3.05, 3.63) is 102 Å². The van der Waals surface area contributed by atoms with Crippen molar-refractivity contribution >= 4 is 16.9 Å². The van der Waals surface area contributed by atoms with Crippen LogP contribution in [0.2, 0.25) is 0 Å². The first-order valence-electron chi connectivity index (χ1n) is 9.75. The van der Waals surface area contributed by atoms with E-state index in [2.05, 4.69) is 24.4 Å². The average molecular weight is 387 g/mol. The number of benzene rings is 3. The van der Waals surface area contributed by atoms with Gasteiger partial charge in [-0.1, -0.05) is 42.5 Å². The molecular formula is C25H22FNO2. The van der Waals surface area contributed by atoms with Gasteiger partial charge < -0.3 is 9.67 Å².